The molecule has 0 aromatic carbocycles. The molecule has 1 aliphatic rings. The van der Waals surface area contributed by atoms with E-state index in [1.165, 1.54) is 6.42 Å². The number of hydrogen-bond donors (Lipinski definition) is 0. The number of methoxy groups -OCH3 is 1. The van der Waals surface area contributed by atoms with E-state index in [0.29, 0.717) is 25.6 Å². The summed E-state index contributed by atoms with van der Waals surface area (Å²) in [5.41, 5.74) is 0. The number of likely N-dealkylation sites (tertiary alicyclic amines) is 1. The number of ether oxygens (including phenoxy) is 2. The van der Waals surface area contributed by atoms with Gasteiger partial charge >= 0.3 is 0 Å². The first-order valence-electron chi connectivity index (χ1n) is 5.52. The van der Waals surface area contributed by atoms with Crippen LogP contribution in [0.2, 0.25) is 0 Å². The van der Waals surface area contributed by atoms with E-state index in [0.717, 1.165) is 26.2 Å². The van der Waals surface area contributed by atoms with Gasteiger partial charge in [0.05, 0.1) is 25.9 Å². The van der Waals surface area contributed by atoms with E-state index >= 15 is 0 Å². The highest BCUT2D eigenvalue weighted by Crippen LogP contribution is 2.16. The molecule has 1 aliphatic heterocycles. The van der Waals surface area contributed by atoms with Crippen molar-refractivity contribution >= 4 is 0 Å². The molecule has 0 aromatic rings. The third-order valence-electron chi connectivity index (χ3n) is 2.70. The second kappa shape index (κ2) is 7.63. The van der Waals surface area contributed by atoms with Gasteiger partial charge in [0.1, 0.15) is 0 Å². The lowest BCUT2D eigenvalue weighted by molar-refractivity contribution is 0.0527. The van der Waals surface area contributed by atoms with E-state index in [-0.39, 0.29) is 0 Å². The summed E-state index contributed by atoms with van der Waals surface area (Å²) in [5.74, 6) is 0.639. The largest absolute Gasteiger partial charge is 0.382 e. The van der Waals surface area contributed by atoms with Crippen molar-refractivity contribution in [1.29, 1.82) is 5.26 Å². The minimum Gasteiger partial charge on any atom is -0.382 e. The van der Waals surface area contributed by atoms with Crippen molar-refractivity contribution in [2.24, 2.45) is 5.92 Å². The SMILES string of the molecule is COCCOC[C@H]1CCN(CCC#N)C1. The van der Waals surface area contributed by atoms with Crippen LogP contribution in [0.3, 0.4) is 0 Å². The lowest BCUT2D eigenvalue weighted by atomic mass is 10.1. The summed E-state index contributed by atoms with van der Waals surface area (Å²) in [6, 6.07) is 2.18. The summed E-state index contributed by atoms with van der Waals surface area (Å²) in [6.45, 7) is 5.28. The van der Waals surface area contributed by atoms with Gasteiger partial charge in [0.2, 0.25) is 0 Å². The first-order valence-corrected chi connectivity index (χ1v) is 5.52. The monoisotopic (exact) mass is 212 g/mol. The lowest BCUT2D eigenvalue weighted by Gasteiger charge is -2.14. The molecule has 4 nitrogen and oxygen atoms in total. The molecule has 4 heteroatoms. The van der Waals surface area contributed by atoms with Gasteiger partial charge in [-0.1, -0.05) is 0 Å². The Morgan fingerprint density at radius 3 is 3.07 bits per heavy atom. The first kappa shape index (κ1) is 12.4. The summed E-state index contributed by atoms with van der Waals surface area (Å²) >= 11 is 0. The minimum absolute atomic E-state index is 0.636. The molecule has 0 unspecified atom stereocenters. The van der Waals surface area contributed by atoms with Crippen molar-refractivity contribution in [3.05, 3.63) is 0 Å². The van der Waals surface area contributed by atoms with Crippen LogP contribution in [0, 0.1) is 17.2 Å². The van der Waals surface area contributed by atoms with Crippen LogP contribution >= 0.6 is 0 Å². The van der Waals surface area contributed by atoms with Crippen molar-refractivity contribution < 1.29 is 9.47 Å². The smallest absolute Gasteiger partial charge is 0.0700 e. The van der Waals surface area contributed by atoms with Crippen LogP contribution in [0.1, 0.15) is 12.8 Å². The molecule has 1 fully saturated rings. The molecule has 0 spiro atoms. The molecule has 1 saturated heterocycles. The van der Waals surface area contributed by atoms with E-state index in [4.69, 9.17) is 14.7 Å². The molecular formula is C11H20N2O2. The Hall–Kier alpha value is -0.630. The van der Waals surface area contributed by atoms with Crippen LogP contribution in [0.5, 0.6) is 0 Å². The van der Waals surface area contributed by atoms with E-state index in [2.05, 4.69) is 11.0 Å². The maximum Gasteiger partial charge on any atom is 0.0700 e. The third kappa shape index (κ3) is 5.12. The Bertz CT molecular complexity index is 203. The maximum absolute atomic E-state index is 8.48. The second-order valence-corrected chi connectivity index (χ2v) is 3.93. The van der Waals surface area contributed by atoms with Gasteiger partial charge in [-0.3, -0.25) is 0 Å². The zero-order valence-corrected chi connectivity index (χ0v) is 9.45. The van der Waals surface area contributed by atoms with E-state index in [1.54, 1.807) is 7.11 Å². The molecule has 0 aromatic heterocycles. The molecule has 15 heavy (non-hydrogen) atoms. The minimum atomic E-state index is 0.636. The summed E-state index contributed by atoms with van der Waals surface area (Å²) in [7, 11) is 1.68. The molecule has 0 amide bonds. The fourth-order valence-corrected chi connectivity index (χ4v) is 1.85. The van der Waals surface area contributed by atoms with Gasteiger partial charge in [-0.2, -0.15) is 5.26 Å². The highest BCUT2D eigenvalue weighted by atomic mass is 16.5. The predicted molar refractivity (Wildman–Crippen MR) is 57.5 cm³/mol. The average Bonchev–Trinajstić information content (AvgIpc) is 2.69. The Kier molecular flexibility index (Phi) is 6.33. The number of nitriles is 1. The van der Waals surface area contributed by atoms with E-state index < -0.39 is 0 Å². The average molecular weight is 212 g/mol. The van der Waals surface area contributed by atoms with Crippen molar-refractivity contribution in [2.45, 2.75) is 12.8 Å². The molecule has 1 atom stereocenters. The fourth-order valence-electron chi connectivity index (χ4n) is 1.85. The summed E-state index contributed by atoms with van der Waals surface area (Å²) in [6.07, 6.45) is 1.83. The topological polar surface area (TPSA) is 45.5 Å². The second-order valence-electron chi connectivity index (χ2n) is 3.93. The van der Waals surface area contributed by atoms with Crippen LogP contribution in [0.15, 0.2) is 0 Å². The maximum atomic E-state index is 8.48. The van der Waals surface area contributed by atoms with E-state index in [9.17, 15) is 0 Å². The van der Waals surface area contributed by atoms with Crippen molar-refractivity contribution in [3.63, 3.8) is 0 Å². The molecule has 0 aliphatic carbocycles. The van der Waals surface area contributed by atoms with Gasteiger partial charge in [0.15, 0.2) is 0 Å². The van der Waals surface area contributed by atoms with Gasteiger partial charge < -0.3 is 14.4 Å². The number of nitrogens with zero attached hydrogens (tertiary/aromatic N) is 2. The molecule has 1 heterocycles. The highest BCUT2D eigenvalue weighted by molar-refractivity contribution is 4.79. The zero-order chi connectivity index (χ0) is 10.9. The Balaban J connectivity index is 2.01. The quantitative estimate of drug-likeness (QED) is 0.588. The molecule has 0 saturated carbocycles. The van der Waals surface area contributed by atoms with Gasteiger partial charge in [-0.15, -0.1) is 0 Å². The van der Waals surface area contributed by atoms with Crippen LogP contribution in [0.25, 0.3) is 0 Å². The van der Waals surface area contributed by atoms with Gasteiger partial charge in [-0.25, -0.2) is 0 Å². The molecule has 0 radical (unpaired) electrons. The number of hydrogen-bond acceptors (Lipinski definition) is 4. The summed E-state index contributed by atoms with van der Waals surface area (Å²) in [5, 5.41) is 8.48. The van der Waals surface area contributed by atoms with Crippen LogP contribution in [0.4, 0.5) is 0 Å². The van der Waals surface area contributed by atoms with Gasteiger partial charge in [0, 0.05) is 26.6 Å². The highest BCUT2D eigenvalue weighted by Gasteiger charge is 2.21. The first-order chi connectivity index (χ1) is 7.36. The molecule has 0 N–H and O–H groups in total. The predicted octanol–water partition coefficient (Wildman–Crippen LogP) is 0.885. The Morgan fingerprint density at radius 2 is 2.33 bits per heavy atom. The van der Waals surface area contributed by atoms with Gasteiger partial charge in [-0.05, 0) is 18.9 Å². The van der Waals surface area contributed by atoms with Crippen LogP contribution in [-0.4, -0.2) is 51.5 Å². The summed E-state index contributed by atoms with van der Waals surface area (Å²) < 4.78 is 10.4. The molecular weight excluding hydrogens is 192 g/mol. The van der Waals surface area contributed by atoms with Crippen LogP contribution < -0.4 is 0 Å². The number of rotatable bonds is 7. The zero-order valence-electron chi connectivity index (χ0n) is 9.45. The third-order valence-corrected chi connectivity index (χ3v) is 2.70. The van der Waals surface area contributed by atoms with Crippen molar-refractivity contribution in [1.82, 2.24) is 4.90 Å². The molecule has 86 valence electrons. The normalized spacial score (nSPS) is 21.7. The Morgan fingerprint density at radius 1 is 1.47 bits per heavy atom. The fraction of sp³-hybridized carbons (Fsp3) is 0.909. The van der Waals surface area contributed by atoms with Gasteiger partial charge in [0.25, 0.3) is 0 Å². The van der Waals surface area contributed by atoms with Crippen molar-refractivity contribution in [2.75, 3.05) is 46.6 Å². The lowest BCUT2D eigenvalue weighted by Crippen LogP contribution is -2.23. The molecule has 1 rings (SSSR count). The molecule has 0 bridgehead atoms. The summed E-state index contributed by atoms with van der Waals surface area (Å²) in [4.78, 5) is 2.34. The standard InChI is InChI=1S/C11H20N2O2/c1-14-7-8-15-10-11-3-6-13(9-11)5-2-4-12/h11H,2-3,5-10H2,1H3/t11-/m0/s1. The van der Waals surface area contributed by atoms with Crippen molar-refractivity contribution in [3.8, 4) is 6.07 Å². The van der Waals surface area contributed by atoms with E-state index in [1.807, 2.05) is 0 Å². The van der Waals surface area contributed by atoms with Crippen LogP contribution in [-0.2, 0) is 9.47 Å². The Labute approximate surface area is 91.8 Å².